The first-order valence-corrected chi connectivity index (χ1v) is 8.33. The van der Waals surface area contributed by atoms with E-state index >= 15 is 0 Å². The fourth-order valence-corrected chi connectivity index (χ4v) is 2.50. The Labute approximate surface area is 153 Å². The average molecular weight is 344 g/mol. The van der Waals surface area contributed by atoms with Crippen LogP contribution in [0.5, 0.6) is 0 Å². The number of methoxy groups -OCH3 is 1. The van der Waals surface area contributed by atoms with Gasteiger partial charge in [0, 0.05) is 24.6 Å². The number of carbonyl (C=O) groups excluding carboxylic acids is 1. The summed E-state index contributed by atoms with van der Waals surface area (Å²) in [6.45, 7) is 0.534. The number of hydrogen-bond acceptors (Lipinski definition) is 3. The SMILES string of the molecule is COCc1ccc(C(=O)Nc2cccc(C=Cc3ccccn3)c2)cc1. The van der Waals surface area contributed by atoms with Crippen LogP contribution < -0.4 is 5.32 Å². The third kappa shape index (κ3) is 4.88. The first-order valence-electron chi connectivity index (χ1n) is 8.33. The van der Waals surface area contributed by atoms with Gasteiger partial charge in [-0.2, -0.15) is 0 Å². The second-order valence-electron chi connectivity index (χ2n) is 5.80. The zero-order chi connectivity index (χ0) is 18.2. The van der Waals surface area contributed by atoms with Crippen molar-refractivity contribution in [2.24, 2.45) is 0 Å². The molecule has 1 heterocycles. The number of benzene rings is 2. The molecule has 0 fully saturated rings. The molecule has 0 aliphatic rings. The van der Waals surface area contributed by atoms with Crippen molar-refractivity contribution in [1.29, 1.82) is 0 Å². The number of pyridine rings is 1. The molecular formula is C22H20N2O2. The first-order chi connectivity index (χ1) is 12.7. The predicted octanol–water partition coefficient (Wildman–Crippen LogP) is 4.65. The first kappa shape index (κ1) is 17.6. The van der Waals surface area contributed by atoms with E-state index in [0.29, 0.717) is 12.2 Å². The number of carbonyl (C=O) groups is 1. The van der Waals surface area contributed by atoms with Gasteiger partial charge in [0.05, 0.1) is 12.3 Å². The molecule has 0 spiro atoms. The average Bonchev–Trinajstić information content (AvgIpc) is 2.68. The smallest absolute Gasteiger partial charge is 0.255 e. The Bertz CT molecular complexity index is 888. The van der Waals surface area contributed by atoms with Crippen molar-refractivity contribution in [3.05, 3.63) is 95.3 Å². The van der Waals surface area contributed by atoms with Crippen LogP contribution in [0.4, 0.5) is 5.69 Å². The van der Waals surface area contributed by atoms with Crippen molar-refractivity contribution in [2.45, 2.75) is 6.61 Å². The van der Waals surface area contributed by atoms with Gasteiger partial charge in [0.15, 0.2) is 0 Å². The van der Waals surface area contributed by atoms with Gasteiger partial charge in [-0.25, -0.2) is 0 Å². The van der Waals surface area contributed by atoms with E-state index < -0.39 is 0 Å². The second kappa shape index (κ2) is 8.74. The lowest BCUT2D eigenvalue weighted by Crippen LogP contribution is -2.11. The molecule has 0 aliphatic heterocycles. The molecule has 0 aliphatic carbocycles. The van der Waals surface area contributed by atoms with E-state index in [9.17, 15) is 4.79 Å². The summed E-state index contributed by atoms with van der Waals surface area (Å²) in [5.74, 6) is -0.139. The van der Waals surface area contributed by atoms with Crippen LogP contribution in [-0.4, -0.2) is 18.0 Å². The normalized spacial score (nSPS) is 10.8. The van der Waals surface area contributed by atoms with Gasteiger partial charge in [-0.15, -0.1) is 0 Å². The molecule has 1 amide bonds. The summed E-state index contributed by atoms with van der Waals surface area (Å²) in [6, 6.07) is 20.8. The van der Waals surface area contributed by atoms with Gasteiger partial charge in [0.25, 0.3) is 5.91 Å². The number of nitrogens with one attached hydrogen (secondary N) is 1. The van der Waals surface area contributed by atoms with Crippen LogP contribution in [0, 0.1) is 0 Å². The molecule has 2 aromatic carbocycles. The second-order valence-corrected chi connectivity index (χ2v) is 5.80. The van der Waals surface area contributed by atoms with Gasteiger partial charge in [-0.05, 0) is 53.6 Å². The molecular weight excluding hydrogens is 324 g/mol. The summed E-state index contributed by atoms with van der Waals surface area (Å²) in [7, 11) is 1.65. The highest BCUT2D eigenvalue weighted by atomic mass is 16.5. The van der Waals surface area contributed by atoms with Crippen LogP contribution in [0.25, 0.3) is 12.2 Å². The lowest BCUT2D eigenvalue weighted by molar-refractivity contribution is 0.102. The monoisotopic (exact) mass is 344 g/mol. The summed E-state index contributed by atoms with van der Waals surface area (Å²) < 4.78 is 5.08. The van der Waals surface area contributed by atoms with Crippen molar-refractivity contribution in [3.8, 4) is 0 Å². The largest absolute Gasteiger partial charge is 0.380 e. The van der Waals surface area contributed by atoms with Crippen molar-refractivity contribution in [1.82, 2.24) is 4.98 Å². The molecule has 0 atom stereocenters. The topological polar surface area (TPSA) is 51.2 Å². The Morgan fingerprint density at radius 2 is 1.88 bits per heavy atom. The van der Waals surface area contributed by atoms with Crippen molar-refractivity contribution < 1.29 is 9.53 Å². The van der Waals surface area contributed by atoms with Gasteiger partial charge >= 0.3 is 0 Å². The van der Waals surface area contributed by atoms with Crippen LogP contribution in [0.15, 0.2) is 72.9 Å². The van der Waals surface area contributed by atoms with Gasteiger partial charge in [-0.1, -0.05) is 36.4 Å². The number of anilines is 1. The fourth-order valence-electron chi connectivity index (χ4n) is 2.50. The number of ether oxygens (including phenoxy) is 1. The quantitative estimate of drug-likeness (QED) is 0.708. The molecule has 0 unspecified atom stereocenters. The zero-order valence-electron chi connectivity index (χ0n) is 14.6. The number of rotatable bonds is 6. The molecule has 0 bridgehead atoms. The number of aromatic nitrogens is 1. The molecule has 4 heteroatoms. The Morgan fingerprint density at radius 3 is 2.62 bits per heavy atom. The molecule has 1 aromatic heterocycles. The maximum atomic E-state index is 12.4. The van der Waals surface area contributed by atoms with Crippen LogP contribution in [0.1, 0.15) is 27.2 Å². The van der Waals surface area contributed by atoms with E-state index in [-0.39, 0.29) is 5.91 Å². The van der Waals surface area contributed by atoms with Crippen LogP contribution in [-0.2, 0) is 11.3 Å². The Morgan fingerprint density at radius 1 is 1.04 bits per heavy atom. The van der Waals surface area contributed by atoms with E-state index in [1.54, 1.807) is 25.4 Å². The summed E-state index contributed by atoms with van der Waals surface area (Å²) in [5.41, 5.74) is 4.27. The van der Waals surface area contributed by atoms with E-state index in [1.165, 1.54) is 0 Å². The lowest BCUT2D eigenvalue weighted by Gasteiger charge is -2.07. The number of hydrogen-bond donors (Lipinski definition) is 1. The molecule has 4 nitrogen and oxygen atoms in total. The van der Waals surface area contributed by atoms with Gasteiger partial charge in [0.1, 0.15) is 0 Å². The molecule has 0 saturated heterocycles. The molecule has 0 saturated carbocycles. The molecule has 130 valence electrons. The third-order valence-electron chi connectivity index (χ3n) is 3.81. The van der Waals surface area contributed by atoms with E-state index in [0.717, 1.165) is 22.5 Å². The summed E-state index contributed by atoms with van der Waals surface area (Å²) in [5, 5.41) is 2.93. The summed E-state index contributed by atoms with van der Waals surface area (Å²) >= 11 is 0. The Hall–Kier alpha value is -3.24. The Balaban J connectivity index is 1.68. The highest BCUT2D eigenvalue weighted by Gasteiger charge is 2.06. The Kier molecular flexibility index (Phi) is 5.91. The lowest BCUT2D eigenvalue weighted by atomic mass is 10.1. The van der Waals surface area contributed by atoms with E-state index in [2.05, 4.69) is 10.3 Å². The molecule has 1 N–H and O–H groups in total. The minimum Gasteiger partial charge on any atom is -0.380 e. The van der Waals surface area contributed by atoms with Crippen LogP contribution in [0.3, 0.4) is 0 Å². The van der Waals surface area contributed by atoms with Crippen LogP contribution >= 0.6 is 0 Å². The number of nitrogens with zero attached hydrogens (tertiary/aromatic N) is 1. The summed E-state index contributed by atoms with van der Waals surface area (Å²) in [4.78, 5) is 16.7. The molecule has 0 radical (unpaired) electrons. The van der Waals surface area contributed by atoms with E-state index in [1.807, 2.05) is 66.7 Å². The maximum absolute atomic E-state index is 12.4. The fraction of sp³-hybridized carbons (Fsp3) is 0.0909. The molecule has 3 aromatic rings. The highest BCUT2D eigenvalue weighted by Crippen LogP contribution is 2.15. The predicted molar refractivity (Wildman–Crippen MR) is 105 cm³/mol. The minimum absolute atomic E-state index is 0.139. The summed E-state index contributed by atoms with van der Waals surface area (Å²) in [6.07, 6.45) is 5.67. The van der Waals surface area contributed by atoms with Gasteiger partial charge in [-0.3, -0.25) is 9.78 Å². The minimum atomic E-state index is -0.139. The van der Waals surface area contributed by atoms with Gasteiger partial charge < -0.3 is 10.1 Å². The van der Waals surface area contributed by atoms with Gasteiger partial charge in [0.2, 0.25) is 0 Å². The molecule has 3 rings (SSSR count). The zero-order valence-corrected chi connectivity index (χ0v) is 14.6. The van der Waals surface area contributed by atoms with E-state index in [4.69, 9.17) is 4.74 Å². The third-order valence-corrected chi connectivity index (χ3v) is 3.81. The van der Waals surface area contributed by atoms with Crippen LogP contribution in [0.2, 0.25) is 0 Å². The maximum Gasteiger partial charge on any atom is 0.255 e. The standard InChI is InChI=1S/C22H20N2O2/c1-26-16-18-8-11-19(12-9-18)22(25)24-21-7-4-5-17(15-21)10-13-20-6-2-3-14-23-20/h2-15H,16H2,1H3,(H,24,25). The molecule has 26 heavy (non-hydrogen) atoms. The highest BCUT2D eigenvalue weighted by molar-refractivity contribution is 6.04. The van der Waals surface area contributed by atoms with Crippen molar-refractivity contribution >= 4 is 23.7 Å². The van der Waals surface area contributed by atoms with Crippen molar-refractivity contribution in [3.63, 3.8) is 0 Å². The van der Waals surface area contributed by atoms with Crippen molar-refractivity contribution in [2.75, 3.05) is 12.4 Å². The number of amides is 1.